The minimum atomic E-state index is -0.313. The molecule has 1 unspecified atom stereocenters. The van der Waals surface area contributed by atoms with Crippen LogP contribution in [0.1, 0.15) is 12.8 Å². The first-order valence-electron chi connectivity index (χ1n) is 9.37. The van der Waals surface area contributed by atoms with Crippen LogP contribution in [0, 0.1) is 11.7 Å². The highest BCUT2D eigenvalue weighted by atomic mass is 79.9. The van der Waals surface area contributed by atoms with Gasteiger partial charge in [-0.2, -0.15) is 0 Å². The maximum Gasteiger partial charge on any atom is 0.138 e. The molecule has 0 radical (unpaired) electrons. The van der Waals surface area contributed by atoms with Crippen molar-refractivity contribution in [1.29, 1.82) is 0 Å². The van der Waals surface area contributed by atoms with Crippen LogP contribution in [-0.4, -0.2) is 39.1 Å². The Kier molecular flexibility index (Phi) is 6.61. The number of rotatable bonds is 5. The maximum atomic E-state index is 13.8. The molecule has 0 spiro atoms. The van der Waals surface area contributed by atoms with E-state index in [1.807, 2.05) is 24.3 Å². The van der Waals surface area contributed by atoms with Gasteiger partial charge in [-0.25, -0.2) is 13.7 Å². The quantitative estimate of drug-likeness (QED) is 0.425. The summed E-state index contributed by atoms with van der Waals surface area (Å²) in [5.74, 6) is 0.706. The van der Waals surface area contributed by atoms with Gasteiger partial charge >= 0.3 is 0 Å². The van der Waals surface area contributed by atoms with Gasteiger partial charge in [0, 0.05) is 35.7 Å². The van der Waals surface area contributed by atoms with E-state index in [9.17, 15) is 9.50 Å². The number of hydrogen-bond donors (Lipinski definition) is 2. The lowest BCUT2D eigenvalue weighted by Crippen LogP contribution is -2.32. The Morgan fingerprint density at radius 2 is 2.10 bits per heavy atom. The van der Waals surface area contributed by atoms with Crippen LogP contribution in [-0.2, 0) is 0 Å². The highest BCUT2D eigenvalue weighted by molar-refractivity contribution is 9.10. The van der Waals surface area contributed by atoms with Gasteiger partial charge in [0.1, 0.15) is 11.6 Å². The summed E-state index contributed by atoms with van der Waals surface area (Å²) in [5.41, 5.74) is 2.39. The van der Waals surface area contributed by atoms with Gasteiger partial charge < -0.3 is 10.1 Å². The molecule has 1 atom stereocenters. The van der Waals surface area contributed by atoms with E-state index in [-0.39, 0.29) is 12.4 Å². The van der Waals surface area contributed by atoms with E-state index >= 15 is 0 Å². The lowest BCUT2D eigenvalue weighted by molar-refractivity contribution is 0.171. The van der Waals surface area contributed by atoms with Crippen molar-refractivity contribution in [2.24, 2.45) is 5.92 Å². The summed E-state index contributed by atoms with van der Waals surface area (Å²) in [4.78, 5) is 8.69. The second-order valence-electron chi connectivity index (χ2n) is 7.09. The van der Waals surface area contributed by atoms with Crippen LogP contribution < -0.4 is 0 Å². The Labute approximate surface area is 186 Å². The predicted octanol–water partition coefficient (Wildman–Crippen LogP) is 6.01. The average Bonchev–Trinajstić information content (AvgIpc) is 3.22. The first-order chi connectivity index (χ1) is 14.0. The molecular formula is C21H20BrClFN3OS. The van der Waals surface area contributed by atoms with E-state index in [1.54, 1.807) is 24.2 Å². The molecule has 3 aromatic rings. The zero-order chi connectivity index (χ0) is 20.4. The van der Waals surface area contributed by atoms with Crippen LogP contribution in [0.4, 0.5) is 4.39 Å². The SMILES string of the molecule is OCC1CCCN(Sc2cc(-c3ncc(-c4ccc(Br)c(F)c4)[nH]3)ccc2Cl)C1. The summed E-state index contributed by atoms with van der Waals surface area (Å²) in [6, 6.07) is 10.8. The van der Waals surface area contributed by atoms with Crippen LogP contribution in [0.15, 0.2) is 52.0 Å². The number of nitrogens with one attached hydrogen (secondary N) is 1. The highest BCUT2D eigenvalue weighted by Gasteiger charge is 2.21. The lowest BCUT2D eigenvalue weighted by Gasteiger charge is -2.30. The third kappa shape index (κ3) is 4.86. The van der Waals surface area contributed by atoms with E-state index < -0.39 is 0 Å². The van der Waals surface area contributed by atoms with Gasteiger partial charge in [-0.1, -0.05) is 17.7 Å². The van der Waals surface area contributed by atoms with Gasteiger partial charge in [-0.05, 0) is 77.0 Å². The van der Waals surface area contributed by atoms with Gasteiger partial charge in [0.15, 0.2) is 0 Å². The number of aromatic nitrogens is 2. The normalized spacial score (nSPS) is 17.6. The molecule has 4 rings (SSSR count). The van der Waals surface area contributed by atoms with Gasteiger partial charge in [0.2, 0.25) is 0 Å². The van der Waals surface area contributed by atoms with Crippen LogP contribution in [0.3, 0.4) is 0 Å². The van der Waals surface area contributed by atoms with Crippen LogP contribution in [0.5, 0.6) is 0 Å². The summed E-state index contributed by atoms with van der Waals surface area (Å²) in [7, 11) is 0. The smallest absolute Gasteiger partial charge is 0.138 e. The number of nitrogens with zero attached hydrogens (tertiary/aromatic N) is 2. The average molecular weight is 497 g/mol. The molecule has 4 nitrogen and oxygen atoms in total. The predicted molar refractivity (Wildman–Crippen MR) is 119 cm³/mol. The van der Waals surface area contributed by atoms with E-state index in [0.717, 1.165) is 47.6 Å². The number of aliphatic hydroxyl groups excluding tert-OH is 1. The molecule has 0 bridgehead atoms. The molecule has 0 aliphatic carbocycles. The van der Waals surface area contributed by atoms with Crippen LogP contribution >= 0.6 is 39.5 Å². The van der Waals surface area contributed by atoms with Crippen molar-refractivity contribution in [3.8, 4) is 22.6 Å². The van der Waals surface area contributed by atoms with E-state index in [2.05, 4.69) is 30.2 Å². The topological polar surface area (TPSA) is 52.1 Å². The summed E-state index contributed by atoms with van der Waals surface area (Å²) < 4.78 is 16.5. The third-order valence-electron chi connectivity index (χ3n) is 4.98. The monoisotopic (exact) mass is 495 g/mol. The fourth-order valence-electron chi connectivity index (χ4n) is 3.40. The van der Waals surface area contributed by atoms with Gasteiger partial charge in [0.05, 0.1) is 21.4 Å². The zero-order valence-electron chi connectivity index (χ0n) is 15.5. The molecule has 8 heteroatoms. The molecule has 2 aromatic carbocycles. The molecule has 1 aliphatic heterocycles. The Balaban J connectivity index is 1.56. The van der Waals surface area contributed by atoms with E-state index in [1.165, 1.54) is 6.07 Å². The van der Waals surface area contributed by atoms with Crippen molar-refractivity contribution in [2.45, 2.75) is 17.7 Å². The molecule has 29 heavy (non-hydrogen) atoms. The molecule has 0 saturated carbocycles. The number of benzene rings is 2. The Hall–Kier alpha value is -1.38. The maximum absolute atomic E-state index is 13.8. The second-order valence-corrected chi connectivity index (χ2v) is 9.49. The lowest BCUT2D eigenvalue weighted by atomic mass is 10.0. The van der Waals surface area contributed by atoms with E-state index in [4.69, 9.17) is 11.6 Å². The Morgan fingerprint density at radius 1 is 1.28 bits per heavy atom. The van der Waals surface area contributed by atoms with Crippen molar-refractivity contribution < 1.29 is 9.50 Å². The number of piperidine rings is 1. The molecule has 1 aliphatic rings. The molecule has 1 aromatic heterocycles. The minimum absolute atomic E-state index is 0.219. The minimum Gasteiger partial charge on any atom is -0.396 e. The van der Waals surface area contributed by atoms with Gasteiger partial charge in [-0.3, -0.25) is 0 Å². The van der Waals surface area contributed by atoms with Crippen molar-refractivity contribution >= 4 is 39.5 Å². The molecule has 1 saturated heterocycles. The summed E-state index contributed by atoms with van der Waals surface area (Å²) in [5, 5.41) is 10.1. The first-order valence-corrected chi connectivity index (χ1v) is 11.3. The third-order valence-corrected chi connectivity index (χ3v) is 7.19. The fraction of sp³-hybridized carbons (Fsp3) is 0.286. The molecule has 0 amide bonds. The van der Waals surface area contributed by atoms with Gasteiger partial charge in [0.25, 0.3) is 0 Å². The first kappa shape index (κ1) is 20.9. The summed E-state index contributed by atoms with van der Waals surface area (Å²) >= 11 is 11.2. The summed E-state index contributed by atoms with van der Waals surface area (Å²) in [6.45, 7) is 2.04. The highest BCUT2D eigenvalue weighted by Crippen LogP contribution is 2.36. The Bertz CT molecular complexity index is 1020. The molecule has 2 N–H and O–H groups in total. The van der Waals surface area contributed by atoms with Crippen LogP contribution in [0.2, 0.25) is 5.02 Å². The summed E-state index contributed by atoms with van der Waals surface area (Å²) in [6.07, 6.45) is 3.84. The standard InChI is InChI=1S/C21H20BrClFN3OS/c22-16-5-3-14(8-18(16)24)19-10-25-21(26-19)15-4-6-17(23)20(9-15)29-27-7-1-2-13(11-27)12-28/h3-6,8-10,13,28H,1-2,7,11-12H2,(H,25,26). The number of aliphatic hydroxyl groups is 1. The number of aromatic amines is 1. The zero-order valence-corrected chi connectivity index (χ0v) is 18.7. The number of imidazole rings is 1. The molecule has 1 fully saturated rings. The largest absolute Gasteiger partial charge is 0.396 e. The Morgan fingerprint density at radius 3 is 2.90 bits per heavy atom. The number of halogens is 3. The van der Waals surface area contributed by atoms with E-state index in [0.29, 0.717) is 21.2 Å². The molecule has 2 heterocycles. The number of H-pyrrole nitrogens is 1. The second kappa shape index (κ2) is 9.18. The molecular weight excluding hydrogens is 477 g/mol. The number of hydrogen-bond acceptors (Lipinski definition) is 4. The van der Waals surface area contributed by atoms with Gasteiger partial charge in [-0.15, -0.1) is 0 Å². The molecule has 152 valence electrons. The van der Waals surface area contributed by atoms with Crippen molar-refractivity contribution in [3.63, 3.8) is 0 Å². The fourth-order valence-corrected chi connectivity index (χ4v) is 4.98. The van der Waals surface area contributed by atoms with Crippen LogP contribution in [0.25, 0.3) is 22.6 Å². The van der Waals surface area contributed by atoms with Crippen molar-refractivity contribution in [2.75, 3.05) is 19.7 Å². The van der Waals surface area contributed by atoms with Crippen molar-refractivity contribution in [1.82, 2.24) is 14.3 Å². The van der Waals surface area contributed by atoms with Crippen molar-refractivity contribution in [3.05, 3.63) is 57.9 Å².